The molecular weight excluding hydrogens is 327 g/mol. The number of aliphatic imine (C=N–C) groups is 1. The molecule has 0 amide bonds. The van der Waals surface area contributed by atoms with Crippen molar-refractivity contribution in [3.63, 3.8) is 0 Å². The first-order chi connectivity index (χ1) is 7.77. The predicted molar refractivity (Wildman–Crippen MR) is 85.3 cm³/mol. The van der Waals surface area contributed by atoms with Crippen LogP contribution in [0.1, 0.15) is 33.1 Å². The fraction of sp³-hybridized carbons (Fsp3) is 0.917. The minimum absolute atomic E-state index is 0. The lowest BCUT2D eigenvalue weighted by Gasteiger charge is -2.18. The first-order valence-electron chi connectivity index (χ1n) is 6.50. The van der Waals surface area contributed by atoms with Gasteiger partial charge in [0.25, 0.3) is 0 Å². The predicted octanol–water partition coefficient (Wildman–Crippen LogP) is 1.66. The number of hydrogen-bond acceptors (Lipinski definition) is 2. The molecule has 5 heteroatoms. The van der Waals surface area contributed by atoms with Crippen molar-refractivity contribution < 1.29 is 0 Å². The van der Waals surface area contributed by atoms with Crippen LogP contribution >= 0.6 is 24.0 Å². The van der Waals surface area contributed by atoms with Crippen molar-refractivity contribution in [1.29, 1.82) is 0 Å². The first kappa shape index (κ1) is 17.0. The van der Waals surface area contributed by atoms with Crippen LogP contribution in [0.3, 0.4) is 0 Å². The van der Waals surface area contributed by atoms with E-state index in [4.69, 9.17) is 0 Å². The molecule has 1 rings (SSSR count). The molecule has 102 valence electrons. The van der Waals surface area contributed by atoms with Gasteiger partial charge in [-0.2, -0.15) is 0 Å². The third-order valence-electron chi connectivity index (χ3n) is 3.02. The second-order valence-corrected chi connectivity index (χ2v) is 4.42. The number of likely N-dealkylation sites (tertiary alicyclic amines) is 1. The minimum Gasteiger partial charge on any atom is -0.357 e. The lowest BCUT2D eigenvalue weighted by Crippen LogP contribution is -2.39. The fourth-order valence-corrected chi connectivity index (χ4v) is 1.99. The molecule has 1 saturated heterocycles. The normalized spacial score (nSPS) is 21.1. The van der Waals surface area contributed by atoms with Crippen molar-refractivity contribution in [2.75, 3.05) is 33.2 Å². The van der Waals surface area contributed by atoms with Gasteiger partial charge in [-0.05, 0) is 39.8 Å². The summed E-state index contributed by atoms with van der Waals surface area (Å²) in [7, 11) is 2.19. The molecular formula is C12H27IN4. The fourth-order valence-electron chi connectivity index (χ4n) is 1.99. The van der Waals surface area contributed by atoms with E-state index in [-0.39, 0.29) is 24.0 Å². The zero-order chi connectivity index (χ0) is 11.8. The third-order valence-corrected chi connectivity index (χ3v) is 3.02. The standard InChI is InChI=1S/C12H26N4.HI/c1-4-8-14-12(13-5-2)15-10-11-7-6-9-16(11)3;/h11H,4-10H2,1-3H3,(H2,13,14,15);1H. The van der Waals surface area contributed by atoms with Crippen LogP contribution in [0.15, 0.2) is 4.99 Å². The van der Waals surface area contributed by atoms with E-state index in [1.165, 1.54) is 19.4 Å². The van der Waals surface area contributed by atoms with Crippen molar-refractivity contribution in [1.82, 2.24) is 15.5 Å². The molecule has 4 nitrogen and oxygen atoms in total. The Hall–Kier alpha value is -0.0400. The van der Waals surface area contributed by atoms with E-state index in [1.54, 1.807) is 0 Å². The van der Waals surface area contributed by atoms with Gasteiger partial charge in [-0.3, -0.25) is 4.99 Å². The highest BCUT2D eigenvalue weighted by atomic mass is 127. The van der Waals surface area contributed by atoms with Crippen molar-refractivity contribution in [2.45, 2.75) is 39.2 Å². The van der Waals surface area contributed by atoms with Gasteiger partial charge in [0.2, 0.25) is 0 Å². The summed E-state index contributed by atoms with van der Waals surface area (Å²) >= 11 is 0. The zero-order valence-corrected chi connectivity index (χ0v) is 13.7. The molecule has 0 aliphatic carbocycles. The Morgan fingerprint density at radius 1 is 1.35 bits per heavy atom. The van der Waals surface area contributed by atoms with Crippen molar-refractivity contribution >= 4 is 29.9 Å². The van der Waals surface area contributed by atoms with Crippen LogP contribution in [-0.2, 0) is 0 Å². The van der Waals surface area contributed by atoms with Crippen molar-refractivity contribution in [3.05, 3.63) is 0 Å². The summed E-state index contributed by atoms with van der Waals surface area (Å²) in [6, 6.07) is 0.636. The number of guanidine groups is 1. The molecule has 1 heterocycles. The Bertz CT molecular complexity index is 221. The Kier molecular flexibility index (Phi) is 9.91. The highest BCUT2D eigenvalue weighted by Gasteiger charge is 2.20. The molecule has 0 aromatic rings. The van der Waals surface area contributed by atoms with Crippen molar-refractivity contribution in [2.24, 2.45) is 4.99 Å². The highest BCUT2D eigenvalue weighted by Crippen LogP contribution is 2.14. The highest BCUT2D eigenvalue weighted by molar-refractivity contribution is 14.0. The van der Waals surface area contributed by atoms with Gasteiger partial charge in [0.05, 0.1) is 6.54 Å². The van der Waals surface area contributed by atoms with Gasteiger partial charge in [-0.15, -0.1) is 24.0 Å². The van der Waals surface area contributed by atoms with Gasteiger partial charge in [-0.25, -0.2) is 0 Å². The maximum Gasteiger partial charge on any atom is 0.191 e. The number of nitrogens with zero attached hydrogens (tertiary/aromatic N) is 2. The van der Waals surface area contributed by atoms with Gasteiger partial charge in [0.1, 0.15) is 0 Å². The molecule has 1 unspecified atom stereocenters. The lowest BCUT2D eigenvalue weighted by molar-refractivity contribution is 0.317. The van der Waals surface area contributed by atoms with Crippen molar-refractivity contribution in [3.8, 4) is 0 Å². The summed E-state index contributed by atoms with van der Waals surface area (Å²) in [6.07, 6.45) is 3.73. The summed E-state index contributed by atoms with van der Waals surface area (Å²) in [6.45, 7) is 8.32. The minimum atomic E-state index is 0. The third kappa shape index (κ3) is 6.45. The van der Waals surface area contributed by atoms with E-state index in [1.807, 2.05) is 0 Å². The van der Waals surface area contributed by atoms with Crippen LogP contribution in [0.5, 0.6) is 0 Å². The van der Waals surface area contributed by atoms with E-state index in [0.717, 1.165) is 32.0 Å². The second kappa shape index (κ2) is 9.94. The van der Waals surface area contributed by atoms with E-state index in [9.17, 15) is 0 Å². The van der Waals surface area contributed by atoms with Gasteiger partial charge in [-0.1, -0.05) is 6.92 Å². The van der Waals surface area contributed by atoms with Gasteiger partial charge in [0.15, 0.2) is 5.96 Å². The molecule has 2 N–H and O–H groups in total. The van der Waals surface area contributed by atoms with Gasteiger partial charge >= 0.3 is 0 Å². The van der Waals surface area contributed by atoms with Crippen LogP contribution in [0.25, 0.3) is 0 Å². The number of halogens is 1. The van der Waals surface area contributed by atoms with Crippen LogP contribution < -0.4 is 10.6 Å². The Labute approximate surface area is 123 Å². The molecule has 1 atom stereocenters. The molecule has 0 radical (unpaired) electrons. The molecule has 0 aromatic heterocycles. The maximum atomic E-state index is 4.64. The van der Waals surface area contributed by atoms with Crippen LogP contribution in [-0.4, -0.2) is 50.1 Å². The second-order valence-electron chi connectivity index (χ2n) is 4.42. The van der Waals surface area contributed by atoms with Gasteiger partial charge < -0.3 is 15.5 Å². The summed E-state index contributed by atoms with van der Waals surface area (Å²) < 4.78 is 0. The molecule has 1 fully saturated rings. The van der Waals surface area contributed by atoms with E-state index in [2.05, 4.69) is 41.4 Å². The topological polar surface area (TPSA) is 39.7 Å². The number of nitrogens with one attached hydrogen (secondary N) is 2. The van der Waals surface area contributed by atoms with E-state index in [0.29, 0.717) is 6.04 Å². The van der Waals surface area contributed by atoms with Crippen LogP contribution in [0.2, 0.25) is 0 Å². The van der Waals surface area contributed by atoms with Crippen LogP contribution in [0, 0.1) is 0 Å². The van der Waals surface area contributed by atoms with Crippen LogP contribution in [0.4, 0.5) is 0 Å². The summed E-state index contributed by atoms with van der Waals surface area (Å²) in [5.74, 6) is 0.963. The smallest absolute Gasteiger partial charge is 0.191 e. The summed E-state index contributed by atoms with van der Waals surface area (Å²) in [5.41, 5.74) is 0. The average molecular weight is 354 g/mol. The maximum absolute atomic E-state index is 4.64. The molecule has 0 bridgehead atoms. The molecule has 0 saturated carbocycles. The quantitative estimate of drug-likeness (QED) is 0.448. The molecule has 0 aromatic carbocycles. The number of likely N-dealkylation sites (N-methyl/N-ethyl adjacent to an activating group) is 1. The lowest BCUT2D eigenvalue weighted by atomic mass is 10.2. The Morgan fingerprint density at radius 2 is 2.12 bits per heavy atom. The Morgan fingerprint density at radius 3 is 2.65 bits per heavy atom. The summed E-state index contributed by atoms with van der Waals surface area (Å²) in [5, 5.41) is 6.61. The average Bonchev–Trinajstić information content (AvgIpc) is 2.68. The number of rotatable bonds is 5. The molecule has 0 spiro atoms. The zero-order valence-electron chi connectivity index (χ0n) is 11.3. The van der Waals surface area contributed by atoms with Gasteiger partial charge in [0, 0.05) is 19.1 Å². The van der Waals surface area contributed by atoms with E-state index < -0.39 is 0 Å². The largest absolute Gasteiger partial charge is 0.357 e. The first-order valence-corrected chi connectivity index (χ1v) is 6.50. The summed E-state index contributed by atoms with van der Waals surface area (Å²) in [4.78, 5) is 7.05. The number of hydrogen-bond donors (Lipinski definition) is 2. The monoisotopic (exact) mass is 354 g/mol. The molecule has 1 aliphatic rings. The molecule has 17 heavy (non-hydrogen) atoms. The SMILES string of the molecule is CCCNC(=NCC1CCCN1C)NCC.I. The Balaban J connectivity index is 0.00000256. The van der Waals surface area contributed by atoms with E-state index >= 15 is 0 Å². The molecule has 1 aliphatic heterocycles.